The molecule has 8 heteroatoms. The first-order valence-corrected chi connectivity index (χ1v) is 8.79. The van der Waals surface area contributed by atoms with E-state index in [1.54, 1.807) is 28.0 Å². The van der Waals surface area contributed by atoms with Crippen LogP contribution in [0.15, 0.2) is 29.6 Å². The van der Waals surface area contributed by atoms with Gasteiger partial charge in [-0.2, -0.15) is 9.61 Å². The van der Waals surface area contributed by atoms with Gasteiger partial charge < -0.3 is 5.11 Å². The zero-order valence-corrected chi connectivity index (χ0v) is 14.1. The van der Waals surface area contributed by atoms with Gasteiger partial charge in [-0.3, -0.25) is 0 Å². The second-order valence-corrected chi connectivity index (χ2v) is 7.22. The summed E-state index contributed by atoms with van der Waals surface area (Å²) in [7, 11) is 0. The third-order valence-corrected chi connectivity index (χ3v) is 5.21. The molecule has 116 valence electrons. The molecule has 0 aliphatic heterocycles. The number of aromatic hydroxyl groups is 1. The average Bonchev–Trinajstić information content (AvgIpc) is 3.22. The highest BCUT2D eigenvalue weighted by molar-refractivity contribution is 7.19. The summed E-state index contributed by atoms with van der Waals surface area (Å²) in [6, 6.07) is 6.96. The van der Waals surface area contributed by atoms with Crippen molar-refractivity contribution < 1.29 is 5.11 Å². The fraction of sp³-hybridized carbons (Fsp3) is 0.200. The van der Waals surface area contributed by atoms with E-state index in [1.807, 2.05) is 17.5 Å². The van der Waals surface area contributed by atoms with Crippen LogP contribution in [0.4, 0.5) is 0 Å². The van der Waals surface area contributed by atoms with Crippen molar-refractivity contribution in [2.24, 2.45) is 0 Å². The van der Waals surface area contributed by atoms with Gasteiger partial charge >= 0.3 is 0 Å². The Morgan fingerprint density at radius 3 is 2.57 bits per heavy atom. The van der Waals surface area contributed by atoms with E-state index < -0.39 is 0 Å². The highest BCUT2D eigenvalue weighted by atomic mass is 32.1. The molecule has 4 rings (SSSR count). The van der Waals surface area contributed by atoms with E-state index in [9.17, 15) is 5.11 Å². The summed E-state index contributed by atoms with van der Waals surface area (Å²) < 4.78 is 1.73. The number of hydrogen-bond acceptors (Lipinski definition) is 7. The normalized spacial score (nSPS) is 11.6. The number of fused-ring (bicyclic) bond motifs is 1. The molecule has 4 aromatic rings. The third-order valence-electron chi connectivity index (χ3n) is 3.41. The lowest BCUT2D eigenvalue weighted by Gasteiger charge is -1.96. The Hall–Kier alpha value is -2.32. The average molecular weight is 343 g/mol. The molecule has 0 radical (unpaired) electrons. The molecule has 6 nitrogen and oxygen atoms in total. The van der Waals surface area contributed by atoms with Gasteiger partial charge in [-0.05, 0) is 30.2 Å². The minimum Gasteiger partial charge on any atom is -0.508 e. The first kappa shape index (κ1) is 14.3. The standard InChI is InChI=1S/C15H13N5OS2/c1-8(2)11-7-22-14(16-11)12-17-18-15-20(12)19-13(23-15)9-3-5-10(21)6-4-9/h3-8,21H,1-2H3. The van der Waals surface area contributed by atoms with Gasteiger partial charge in [0.05, 0.1) is 5.69 Å². The van der Waals surface area contributed by atoms with E-state index in [-0.39, 0.29) is 5.75 Å². The van der Waals surface area contributed by atoms with Crippen LogP contribution in [0, 0.1) is 0 Å². The summed E-state index contributed by atoms with van der Waals surface area (Å²) in [6.07, 6.45) is 0. The van der Waals surface area contributed by atoms with Crippen molar-refractivity contribution in [2.75, 3.05) is 0 Å². The molecule has 23 heavy (non-hydrogen) atoms. The van der Waals surface area contributed by atoms with Gasteiger partial charge in [0.25, 0.3) is 0 Å². The van der Waals surface area contributed by atoms with E-state index in [1.165, 1.54) is 11.3 Å². The largest absolute Gasteiger partial charge is 0.508 e. The molecule has 3 heterocycles. The fourth-order valence-corrected chi connectivity index (χ4v) is 3.92. The Balaban J connectivity index is 1.78. The van der Waals surface area contributed by atoms with E-state index in [0.29, 0.717) is 11.7 Å². The molecule has 0 aliphatic carbocycles. The smallest absolute Gasteiger partial charge is 0.235 e. The molecule has 0 unspecified atom stereocenters. The lowest BCUT2D eigenvalue weighted by atomic mass is 10.2. The summed E-state index contributed by atoms with van der Waals surface area (Å²) in [5.41, 5.74) is 1.99. The van der Waals surface area contributed by atoms with E-state index >= 15 is 0 Å². The minimum atomic E-state index is 0.237. The van der Waals surface area contributed by atoms with Crippen molar-refractivity contribution in [2.45, 2.75) is 19.8 Å². The third kappa shape index (κ3) is 2.49. The maximum absolute atomic E-state index is 9.39. The van der Waals surface area contributed by atoms with Crippen molar-refractivity contribution in [1.29, 1.82) is 0 Å². The van der Waals surface area contributed by atoms with Crippen molar-refractivity contribution in [3.05, 3.63) is 35.3 Å². The highest BCUT2D eigenvalue weighted by Gasteiger charge is 2.17. The van der Waals surface area contributed by atoms with Crippen LogP contribution >= 0.6 is 22.7 Å². The van der Waals surface area contributed by atoms with Crippen LogP contribution in [-0.2, 0) is 0 Å². The number of aromatic nitrogens is 5. The Kier molecular flexibility index (Phi) is 3.35. The maximum atomic E-state index is 9.39. The van der Waals surface area contributed by atoms with Crippen LogP contribution in [0.3, 0.4) is 0 Å². The van der Waals surface area contributed by atoms with Gasteiger partial charge in [0, 0.05) is 10.9 Å². The van der Waals surface area contributed by atoms with Gasteiger partial charge in [-0.1, -0.05) is 25.2 Å². The van der Waals surface area contributed by atoms with E-state index in [2.05, 4.69) is 34.1 Å². The highest BCUT2D eigenvalue weighted by Crippen LogP contribution is 2.30. The van der Waals surface area contributed by atoms with E-state index in [4.69, 9.17) is 0 Å². The number of nitrogens with zero attached hydrogens (tertiary/aromatic N) is 5. The maximum Gasteiger partial charge on any atom is 0.235 e. The van der Waals surface area contributed by atoms with Crippen LogP contribution in [-0.4, -0.2) is 29.9 Å². The Morgan fingerprint density at radius 1 is 1.09 bits per heavy atom. The summed E-state index contributed by atoms with van der Waals surface area (Å²) in [4.78, 5) is 5.35. The summed E-state index contributed by atoms with van der Waals surface area (Å²) in [5, 5.41) is 26.1. The Labute approximate surface area is 140 Å². The molecule has 0 fully saturated rings. The van der Waals surface area contributed by atoms with Crippen molar-refractivity contribution in [3.8, 4) is 27.2 Å². The molecular formula is C15H13N5OS2. The number of phenolic OH excluding ortho intramolecular Hbond substituents is 1. The zero-order chi connectivity index (χ0) is 16.0. The van der Waals surface area contributed by atoms with E-state index in [0.717, 1.165) is 26.2 Å². The quantitative estimate of drug-likeness (QED) is 0.612. The zero-order valence-electron chi connectivity index (χ0n) is 12.5. The second kappa shape index (κ2) is 5.39. The lowest BCUT2D eigenvalue weighted by Crippen LogP contribution is -1.92. The first-order valence-electron chi connectivity index (χ1n) is 7.09. The SMILES string of the molecule is CC(C)c1csc(-c2nnc3sc(-c4ccc(O)cc4)nn23)n1. The monoisotopic (exact) mass is 343 g/mol. The first-order chi connectivity index (χ1) is 11.1. The molecular weight excluding hydrogens is 330 g/mol. The molecule has 0 saturated heterocycles. The lowest BCUT2D eigenvalue weighted by molar-refractivity contribution is 0.475. The number of thiazole rings is 1. The van der Waals surface area contributed by atoms with Crippen molar-refractivity contribution >= 4 is 27.6 Å². The van der Waals surface area contributed by atoms with Crippen LogP contribution in [0.25, 0.3) is 26.4 Å². The van der Waals surface area contributed by atoms with Crippen LogP contribution in [0.1, 0.15) is 25.5 Å². The van der Waals surface area contributed by atoms with Gasteiger partial charge in [0.15, 0.2) is 5.01 Å². The van der Waals surface area contributed by atoms with Crippen LogP contribution in [0.2, 0.25) is 0 Å². The summed E-state index contributed by atoms with van der Waals surface area (Å²) in [6.45, 7) is 4.23. The van der Waals surface area contributed by atoms with Crippen molar-refractivity contribution in [3.63, 3.8) is 0 Å². The predicted molar refractivity (Wildman–Crippen MR) is 91.0 cm³/mol. The topological polar surface area (TPSA) is 76.2 Å². The summed E-state index contributed by atoms with van der Waals surface area (Å²) in [5.74, 6) is 1.28. The molecule has 1 N–H and O–H groups in total. The Morgan fingerprint density at radius 2 is 1.87 bits per heavy atom. The van der Waals surface area contributed by atoms with Crippen LogP contribution < -0.4 is 0 Å². The molecule has 0 atom stereocenters. The fourth-order valence-electron chi connectivity index (χ4n) is 2.13. The Bertz CT molecular complexity index is 968. The molecule has 0 amide bonds. The van der Waals surface area contributed by atoms with Gasteiger partial charge in [0.2, 0.25) is 10.8 Å². The summed E-state index contributed by atoms with van der Waals surface area (Å²) >= 11 is 3.01. The number of rotatable bonds is 3. The number of benzene rings is 1. The van der Waals surface area contributed by atoms with Gasteiger partial charge in [0.1, 0.15) is 10.8 Å². The van der Waals surface area contributed by atoms with Gasteiger partial charge in [-0.15, -0.1) is 21.5 Å². The molecule has 0 saturated carbocycles. The molecule has 0 aliphatic rings. The van der Waals surface area contributed by atoms with Gasteiger partial charge in [-0.25, -0.2) is 4.98 Å². The van der Waals surface area contributed by atoms with Crippen LogP contribution in [0.5, 0.6) is 5.75 Å². The predicted octanol–water partition coefficient (Wildman–Crippen LogP) is 3.81. The minimum absolute atomic E-state index is 0.237. The second-order valence-electron chi connectivity index (χ2n) is 5.40. The van der Waals surface area contributed by atoms with Crippen molar-refractivity contribution in [1.82, 2.24) is 24.8 Å². The molecule has 3 aromatic heterocycles. The number of phenols is 1. The molecule has 0 bridgehead atoms. The molecule has 1 aromatic carbocycles. The number of hydrogen-bond donors (Lipinski definition) is 1. The molecule has 0 spiro atoms.